The lowest BCUT2D eigenvalue weighted by atomic mass is 9.44. The van der Waals surface area contributed by atoms with Gasteiger partial charge in [-0.05, 0) is 125 Å². The summed E-state index contributed by atoms with van der Waals surface area (Å²) in [5.41, 5.74) is 1.49. The van der Waals surface area contributed by atoms with Gasteiger partial charge in [0.25, 0.3) is 0 Å². The maximum Gasteiger partial charge on any atom is 0.180 e. The van der Waals surface area contributed by atoms with Crippen molar-refractivity contribution in [2.24, 2.45) is 39.9 Å². The van der Waals surface area contributed by atoms with Gasteiger partial charge in [0, 0.05) is 30.6 Å². The molecular formula is C37H64O6Si. The lowest BCUT2D eigenvalue weighted by Gasteiger charge is -2.62. The Hall–Kier alpha value is -0.703. The molecule has 6 nitrogen and oxygen atoms in total. The highest BCUT2D eigenvalue weighted by molar-refractivity contribution is 6.48. The quantitative estimate of drug-likeness (QED) is 0.160. The van der Waals surface area contributed by atoms with Crippen molar-refractivity contribution >= 4 is 9.04 Å². The molecule has 9 atom stereocenters. The van der Waals surface area contributed by atoms with E-state index in [0.29, 0.717) is 37.3 Å². The van der Waals surface area contributed by atoms with Crippen LogP contribution >= 0.6 is 0 Å². The summed E-state index contributed by atoms with van der Waals surface area (Å²) in [6, 6.07) is 2.15. The minimum absolute atomic E-state index is 0.0534. The first-order chi connectivity index (χ1) is 20.8. The van der Waals surface area contributed by atoms with Crippen molar-refractivity contribution in [2.45, 2.75) is 150 Å². The largest absolute Gasteiger partial charge is 0.472 e. The third kappa shape index (κ3) is 6.80. The van der Waals surface area contributed by atoms with E-state index in [1.807, 2.05) is 26.4 Å². The topological polar surface area (TPSA) is 59.3 Å². The summed E-state index contributed by atoms with van der Waals surface area (Å²) in [6.45, 7) is 22.4. The van der Waals surface area contributed by atoms with Crippen LogP contribution in [-0.4, -0.2) is 47.5 Å². The highest BCUT2D eigenvalue weighted by atomic mass is 28.3. The Kier molecular flexibility index (Phi) is 10.9. The molecule has 7 heteroatoms. The molecule has 0 radical (unpaired) electrons. The molecule has 0 bridgehead atoms. The fourth-order valence-electron chi connectivity index (χ4n) is 10.5. The van der Waals surface area contributed by atoms with E-state index in [9.17, 15) is 0 Å². The van der Waals surface area contributed by atoms with E-state index in [4.69, 9.17) is 27.8 Å². The van der Waals surface area contributed by atoms with E-state index < -0.39 is 9.04 Å². The second-order valence-corrected chi connectivity index (χ2v) is 18.9. The first-order valence-electron chi connectivity index (χ1n) is 18.1. The zero-order valence-corrected chi connectivity index (χ0v) is 30.6. The standard InChI is InChI=1S/C37H64O6Si/c1-10-39-33(40-11-2)25-41-37(27-17-21-38-24-27)20-16-31-29-13-12-26-22-28(42-32(43-44(8)9)23-34(3,4)5)14-18-35(26,6)30(29)15-19-36(31,37)7/h17,21,24,26,28-33,44H,10-16,18-20,22-23,25H2,1-9H3/t26-,28+,29-,30+,31+,32?,35+,36+,37-/m1/s1. The summed E-state index contributed by atoms with van der Waals surface area (Å²) in [4.78, 5) is 0. The molecule has 4 aliphatic carbocycles. The van der Waals surface area contributed by atoms with Gasteiger partial charge in [0.1, 0.15) is 11.9 Å². The number of hydrogen-bond acceptors (Lipinski definition) is 6. The van der Waals surface area contributed by atoms with Gasteiger partial charge in [0.15, 0.2) is 15.3 Å². The minimum atomic E-state index is -1.18. The van der Waals surface area contributed by atoms with Crippen molar-refractivity contribution in [1.29, 1.82) is 0 Å². The molecule has 252 valence electrons. The van der Waals surface area contributed by atoms with Gasteiger partial charge in [-0.3, -0.25) is 0 Å². The van der Waals surface area contributed by atoms with E-state index in [2.05, 4.69) is 53.8 Å². The molecule has 5 rings (SSSR count). The van der Waals surface area contributed by atoms with Crippen molar-refractivity contribution in [2.75, 3.05) is 19.8 Å². The van der Waals surface area contributed by atoms with Gasteiger partial charge < -0.3 is 27.8 Å². The third-order valence-corrected chi connectivity index (χ3v) is 13.3. The van der Waals surface area contributed by atoms with Crippen molar-refractivity contribution in [3.8, 4) is 0 Å². The first kappa shape index (κ1) is 34.6. The lowest BCUT2D eigenvalue weighted by molar-refractivity contribution is -0.231. The normalized spacial score (nSPS) is 38.0. The second kappa shape index (κ2) is 13.8. The summed E-state index contributed by atoms with van der Waals surface area (Å²) in [5.74, 6) is 2.93. The van der Waals surface area contributed by atoms with E-state index in [1.165, 1.54) is 56.9 Å². The predicted octanol–water partition coefficient (Wildman–Crippen LogP) is 9.08. The summed E-state index contributed by atoms with van der Waals surface area (Å²) in [7, 11) is -1.18. The molecule has 4 saturated carbocycles. The fourth-order valence-corrected chi connectivity index (χ4v) is 11.3. The minimum Gasteiger partial charge on any atom is -0.472 e. The Morgan fingerprint density at radius 2 is 1.66 bits per heavy atom. The maximum absolute atomic E-state index is 7.06. The molecule has 4 fully saturated rings. The zero-order chi connectivity index (χ0) is 31.8. The van der Waals surface area contributed by atoms with Gasteiger partial charge in [0.2, 0.25) is 0 Å². The van der Waals surface area contributed by atoms with Crippen LogP contribution in [0.1, 0.15) is 118 Å². The van der Waals surface area contributed by atoms with Gasteiger partial charge in [-0.15, -0.1) is 0 Å². The van der Waals surface area contributed by atoms with Gasteiger partial charge in [-0.25, -0.2) is 0 Å². The Labute approximate surface area is 270 Å². The van der Waals surface area contributed by atoms with Gasteiger partial charge >= 0.3 is 0 Å². The van der Waals surface area contributed by atoms with Crippen LogP contribution in [-0.2, 0) is 29.0 Å². The van der Waals surface area contributed by atoms with Crippen molar-refractivity contribution < 1.29 is 27.8 Å². The number of furan rings is 1. The molecule has 0 saturated heterocycles. The summed E-state index contributed by atoms with van der Waals surface area (Å²) in [5, 5.41) is 0. The molecule has 44 heavy (non-hydrogen) atoms. The van der Waals surface area contributed by atoms with Crippen LogP contribution in [0.3, 0.4) is 0 Å². The van der Waals surface area contributed by atoms with Crippen LogP contribution in [0, 0.1) is 39.9 Å². The van der Waals surface area contributed by atoms with Crippen molar-refractivity contribution in [3.63, 3.8) is 0 Å². The molecule has 0 spiro atoms. The second-order valence-electron chi connectivity index (χ2n) is 16.6. The van der Waals surface area contributed by atoms with Crippen LogP contribution in [0.15, 0.2) is 23.0 Å². The molecule has 0 aromatic carbocycles. The highest BCUT2D eigenvalue weighted by Gasteiger charge is 2.66. The van der Waals surface area contributed by atoms with Gasteiger partial charge in [-0.2, -0.15) is 0 Å². The Bertz CT molecular complexity index is 1030. The predicted molar refractivity (Wildman–Crippen MR) is 178 cm³/mol. The molecule has 1 heterocycles. The number of ether oxygens (including phenoxy) is 4. The van der Waals surface area contributed by atoms with Crippen LogP contribution in [0.2, 0.25) is 13.1 Å². The maximum atomic E-state index is 7.06. The Balaban J connectivity index is 1.31. The van der Waals surface area contributed by atoms with Crippen LogP contribution < -0.4 is 0 Å². The number of fused-ring (bicyclic) bond motifs is 5. The Morgan fingerprint density at radius 1 is 0.932 bits per heavy atom. The molecule has 4 aliphatic rings. The van der Waals surface area contributed by atoms with Crippen LogP contribution in [0.25, 0.3) is 0 Å². The monoisotopic (exact) mass is 632 g/mol. The fraction of sp³-hybridized carbons (Fsp3) is 0.892. The summed E-state index contributed by atoms with van der Waals surface area (Å²) >= 11 is 0. The average molecular weight is 633 g/mol. The van der Waals surface area contributed by atoms with Crippen molar-refractivity contribution in [1.82, 2.24) is 0 Å². The van der Waals surface area contributed by atoms with E-state index in [0.717, 1.165) is 30.6 Å². The van der Waals surface area contributed by atoms with E-state index >= 15 is 0 Å². The number of rotatable bonds is 13. The molecule has 1 unspecified atom stereocenters. The van der Waals surface area contributed by atoms with Crippen molar-refractivity contribution in [3.05, 3.63) is 24.2 Å². The highest BCUT2D eigenvalue weighted by Crippen LogP contribution is 2.71. The summed E-state index contributed by atoms with van der Waals surface area (Å²) in [6.07, 6.45) is 15.7. The molecule has 1 aromatic heterocycles. The van der Waals surface area contributed by atoms with Crippen LogP contribution in [0.4, 0.5) is 0 Å². The van der Waals surface area contributed by atoms with E-state index in [-0.39, 0.29) is 29.0 Å². The summed E-state index contributed by atoms with van der Waals surface area (Å²) < 4.78 is 37.8. The smallest absolute Gasteiger partial charge is 0.180 e. The molecule has 0 amide bonds. The Morgan fingerprint density at radius 3 is 2.30 bits per heavy atom. The van der Waals surface area contributed by atoms with Gasteiger partial charge in [-0.1, -0.05) is 34.6 Å². The molecule has 0 N–H and O–H groups in total. The third-order valence-electron chi connectivity index (χ3n) is 12.4. The SMILES string of the molecule is CCOC(CO[C@@]1(c2ccoc2)CC[C@H]2[C@@H]3CC[C@@H]4C[C@@H](OC(CC(C)(C)C)O[SiH](C)C)CC[C@]4(C)[C@H]3CC[C@@]21C)OCC. The van der Waals surface area contributed by atoms with Gasteiger partial charge in [0.05, 0.1) is 25.2 Å². The lowest BCUT2D eigenvalue weighted by Crippen LogP contribution is -2.57. The average Bonchev–Trinajstić information content (AvgIpc) is 3.58. The zero-order valence-electron chi connectivity index (χ0n) is 29.5. The first-order valence-corrected chi connectivity index (χ1v) is 20.8. The molecule has 0 aliphatic heterocycles. The molecule has 1 aromatic rings. The van der Waals surface area contributed by atoms with Crippen LogP contribution in [0.5, 0.6) is 0 Å². The molecular weight excluding hydrogens is 568 g/mol. The number of hydrogen-bond donors (Lipinski definition) is 0. The van der Waals surface area contributed by atoms with E-state index in [1.54, 1.807) is 0 Å².